The number of aromatic nitrogens is 1. The highest BCUT2D eigenvalue weighted by atomic mass is 32.1. The Morgan fingerprint density at radius 1 is 1.65 bits per heavy atom. The number of carbonyl (C=O) groups is 1. The van der Waals surface area contributed by atoms with Crippen LogP contribution < -0.4 is 5.73 Å². The van der Waals surface area contributed by atoms with E-state index in [0.29, 0.717) is 37.9 Å². The third-order valence-corrected chi connectivity index (χ3v) is 4.27. The summed E-state index contributed by atoms with van der Waals surface area (Å²) in [6.07, 6.45) is 1.70. The summed E-state index contributed by atoms with van der Waals surface area (Å²) in [5, 5.41) is 2.78. The molecule has 2 N–H and O–H groups in total. The quantitative estimate of drug-likeness (QED) is 0.895. The first-order valence-electron chi connectivity index (χ1n) is 7.15. The van der Waals surface area contributed by atoms with Crippen molar-refractivity contribution in [3.8, 4) is 0 Å². The summed E-state index contributed by atoms with van der Waals surface area (Å²) in [7, 11) is 0. The van der Waals surface area contributed by atoms with Crippen LogP contribution in [0.25, 0.3) is 0 Å². The number of amides is 1. The smallest absolute Gasteiger partial charge is 0.273 e. The fourth-order valence-electron chi connectivity index (χ4n) is 2.46. The van der Waals surface area contributed by atoms with E-state index < -0.39 is 0 Å². The number of morpholine rings is 1. The van der Waals surface area contributed by atoms with Crippen molar-refractivity contribution in [2.24, 2.45) is 11.7 Å². The number of nitrogens with two attached hydrogens (primary N) is 1. The Labute approximate surface area is 124 Å². The van der Waals surface area contributed by atoms with Crippen LogP contribution >= 0.6 is 11.3 Å². The van der Waals surface area contributed by atoms with Gasteiger partial charge in [-0.3, -0.25) is 4.79 Å². The summed E-state index contributed by atoms with van der Waals surface area (Å²) in [5.41, 5.74) is 6.07. The second-order valence-corrected chi connectivity index (χ2v) is 6.46. The van der Waals surface area contributed by atoms with Crippen molar-refractivity contribution < 1.29 is 9.53 Å². The predicted molar refractivity (Wildman–Crippen MR) is 80.0 cm³/mol. The van der Waals surface area contributed by atoms with Crippen molar-refractivity contribution in [1.29, 1.82) is 0 Å². The van der Waals surface area contributed by atoms with Gasteiger partial charge in [-0.25, -0.2) is 4.98 Å². The van der Waals surface area contributed by atoms with Crippen molar-refractivity contribution in [3.05, 3.63) is 16.1 Å². The van der Waals surface area contributed by atoms with E-state index in [0.717, 1.165) is 17.8 Å². The Morgan fingerprint density at radius 3 is 3.15 bits per heavy atom. The lowest BCUT2D eigenvalue weighted by atomic mass is 10.0. The third kappa shape index (κ3) is 3.77. The molecule has 0 saturated carbocycles. The summed E-state index contributed by atoms with van der Waals surface area (Å²) in [6, 6.07) is 0.163. The maximum atomic E-state index is 12.6. The van der Waals surface area contributed by atoms with Crippen molar-refractivity contribution in [1.82, 2.24) is 9.88 Å². The monoisotopic (exact) mass is 297 g/mol. The molecule has 0 aliphatic carbocycles. The van der Waals surface area contributed by atoms with E-state index in [9.17, 15) is 4.79 Å². The van der Waals surface area contributed by atoms with Crippen LogP contribution in [0, 0.1) is 5.92 Å². The Balaban J connectivity index is 2.07. The van der Waals surface area contributed by atoms with Crippen LogP contribution in [0.5, 0.6) is 0 Å². The van der Waals surface area contributed by atoms with Crippen molar-refractivity contribution in [3.63, 3.8) is 0 Å². The molecular formula is C14H23N3O2S. The fourth-order valence-corrected chi connectivity index (χ4v) is 3.24. The van der Waals surface area contributed by atoms with Gasteiger partial charge in [0, 0.05) is 18.3 Å². The van der Waals surface area contributed by atoms with E-state index in [1.807, 2.05) is 10.3 Å². The second kappa shape index (κ2) is 7.15. The number of hydrogen-bond donors (Lipinski definition) is 1. The van der Waals surface area contributed by atoms with Crippen LogP contribution in [0.2, 0.25) is 0 Å². The molecule has 2 rings (SSSR count). The average Bonchev–Trinajstić information content (AvgIpc) is 2.87. The lowest BCUT2D eigenvalue weighted by molar-refractivity contribution is -0.00772. The van der Waals surface area contributed by atoms with Crippen LogP contribution in [0.1, 0.15) is 35.8 Å². The fraction of sp³-hybridized carbons (Fsp3) is 0.714. The molecule has 0 bridgehead atoms. The van der Waals surface area contributed by atoms with Crippen molar-refractivity contribution in [2.45, 2.75) is 32.7 Å². The molecular weight excluding hydrogens is 274 g/mol. The number of hydrogen-bond acceptors (Lipinski definition) is 5. The molecule has 0 aromatic carbocycles. The summed E-state index contributed by atoms with van der Waals surface area (Å²) in [4.78, 5) is 18.9. The Kier molecular flexibility index (Phi) is 5.51. The largest absolute Gasteiger partial charge is 0.377 e. The molecule has 1 atom stereocenters. The molecule has 1 aromatic rings. The van der Waals surface area contributed by atoms with Gasteiger partial charge >= 0.3 is 0 Å². The molecule has 1 unspecified atom stereocenters. The molecule has 1 aliphatic heterocycles. The Hall–Kier alpha value is -0.980. The normalized spacial score (nSPS) is 19.6. The van der Waals surface area contributed by atoms with Gasteiger partial charge in [0.1, 0.15) is 5.69 Å². The molecule has 2 heterocycles. The summed E-state index contributed by atoms with van der Waals surface area (Å²) in [5.74, 6) is 0.568. The number of carbonyl (C=O) groups excluding carboxylic acids is 1. The first kappa shape index (κ1) is 15.4. The molecule has 112 valence electrons. The van der Waals surface area contributed by atoms with E-state index in [1.165, 1.54) is 11.3 Å². The van der Waals surface area contributed by atoms with Gasteiger partial charge in [-0.15, -0.1) is 11.3 Å². The minimum Gasteiger partial charge on any atom is -0.377 e. The van der Waals surface area contributed by atoms with Gasteiger partial charge in [-0.2, -0.15) is 0 Å². The Bertz CT molecular complexity index is 447. The average molecular weight is 297 g/mol. The zero-order valence-electron chi connectivity index (χ0n) is 12.2. The van der Waals surface area contributed by atoms with Gasteiger partial charge in [0.2, 0.25) is 0 Å². The lowest BCUT2D eigenvalue weighted by Gasteiger charge is -2.36. The second-order valence-electron chi connectivity index (χ2n) is 5.52. The van der Waals surface area contributed by atoms with E-state index in [-0.39, 0.29) is 11.9 Å². The van der Waals surface area contributed by atoms with Gasteiger partial charge < -0.3 is 15.4 Å². The van der Waals surface area contributed by atoms with Crippen LogP contribution in [0.4, 0.5) is 0 Å². The van der Waals surface area contributed by atoms with E-state index in [1.54, 1.807) is 0 Å². The molecule has 0 spiro atoms. The zero-order valence-corrected chi connectivity index (χ0v) is 13.0. The van der Waals surface area contributed by atoms with Crippen LogP contribution in [0.3, 0.4) is 0 Å². The number of nitrogens with zero attached hydrogens (tertiary/aromatic N) is 2. The lowest BCUT2D eigenvalue weighted by Crippen LogP contribution is -2.49. The van der Waals surface area contributed by atoms with Crippen LogP contribution in [0.15, 0.2) is 5.38 Å². The number of thiazole rings is 1. The van der Waals surface area contributed by atoms with Gasteiger partial charge in [0.05, 0.1) is 24.3 Å². The van der Waals surface area contributed by atoms with Crippen LogP contribution in [-0.4, -0.2) is 48.1 Å². The molecule has 1 amide bonds. The minimum atomic E-state index is 0.0264. The van der Waals surface area contributed by atoms with Crippen LogP contribution in [-0.2, 0) is 11.2 Å². The van der Waals surface area contributed by atoms with Crippen molar-refractivity contribution >= 4 is 17.2 Å². The maximum Gasteiger partial charge on any atom is 0.273 e. The van der Waals surface area contributed by atoms with Gasteiger partial charge in [0.25, 0.3) is 5.91 Å². The summed E-state index contributed by atoms with van der Waals surface area (Å²) in [6.45, 7) is 6.79. The van der Waals surface area contributed by atoms with E-state index in [4.69, 9.17) is 10.5 Å². The third-order valence-electron chi connectivity index (χ3n) is 3.36. The first-order valence-corrected chi connectivity index (χ1v) is 8.03. The SMILES string of the molecule is CC(C)CC1COCCN1C(=O)c1csc(CCN)n1. The molecule has 6 heteroatoms. The number of ether oxygens (including phenoxy) is 1. The molecule has 1 saturated heterocycles. The molecule has 1 aliphatic rings. The summed E-state index contributed by atoms with van der Waals surface area (Å²) >= 11 is 1.51. The van der Waals surface area contributed by atoms with Gasteiger partial charge in [-0.05, 0) is 18.9 Å². The Morgan fingerprint density at radius 2 is 2.45 bits per heavy atom. The molecule has 5 nitrogen and oxygen atoms in total. The topological polar surface area (TPSA) is 68.5 Å². The molecule has 1 fully saturated rings. The standard InChI is InChI=1S/C14H23N3O2S/c1-10(2)7-11-8-19-6-5-17(11)14(18)12-9-20-13(16-12)3-4-15/h9-11H,3-8,15H2,1-2H3. The molecule has 1 aromatic heterocycles. The minimum absolute atomic E-state index is 0.0264. The van der Waals surface area contributed by atoms with E-state index in [2.05, 4.69) is 18.8 Å². The zero-order chi connectivity index (χ0) is 14.5. The highest BCUT2D eigenvalue weighted by Crippen LogP contribution is 2.19. The van der Waals surface area contributed by atoms with Gasteiger partial charge in [0.15, 0.2) is 0 Å². The van der Waals surface area contributed by atoms with Crippen molar-refractivity contribution in [2.75, 3.05) is 26.3 Å². The predicted octanol–water partition coefficient (Wildman–Crippen LogP) is 1.53. The molecule has 20 heavy (non-hydrogen) atoms. The highest BCUT2D eigenvalue weighted by molar-refractivity contribution is 7.09. The molecule has 0 radical (unpaired) electrons. The summed E-state index contributed by atoms with van der Waals surface area (Å²) < 4.78 is 5.51. The number of rotatable bonds is 5. The van der Waals surface area contributed by atoms with E-state index >= 15 is 0 Å². The maximum absolute atomic E-state index is 12.6. The first-order chi connectivity index (χ1) is 9.61. The highest BCUT2D eigenvalue weighted by Gasteiger charge is 2.29. The van der Waals surface area contributed by atoms with Gasteiger partial charge in [-0.1, -0.05) is 13.8 Å².